The minimum Gasteiger partial charge on any atom is -0.296 e. The number of aliphatic imine (C=N–C) groups is 1. The number of allylic oxidation sites excluding steroid dienone is 2. The first-order valence-electron chi connectivity index (χ1n) is 2.90. The molecule has 46 valence electrons. The van der Waals surface area contributed by atoms with Gasteiger partial charge in [-0.05, 0) is 18.9 Å². The van der Waals surface area contributed by atoms with Gasteiger partial charge < -0.3 is 0 Å². The monoisotopic (exact) mass is 111 g/mol. The third kappa shape index (κ3) is 3.59. The molecule has 0 aliphatic heterocycles. The third-order valence-electron chi connectivity index (χ3n) is 0.859. The van der Waals surface area contributed by atoms with Crippen LogP contribution in [-0.2, 0) is 0 Å². The molecule has 0 aromatic heterocycles. The van der Waals surface area contributed by atoms with Crippen LogP contribution in [0.15, 0.2) is 16.6 Å². The maximum atomic E-state index is 3.86. The Morgan fingerprint density at radius 2 is 2.25 bits per heavy atom. The van der Waals surface area contributed by atoms with Crippen molar-refractivity contribution < 1.29 is 0 Å². The highest BCUT2D eigenvalue weighted by Crippen LogP contribution is 1.88. The molecule has 0 N–H and O–H groups in total. The van der Waals surface area contributed by atoms with Crippen molar-refractivity contribution in [3.63, 3.8) is 0 Å². The van der Waals surface area contributed by atoms with Crippen molar-refractivity contribution in [1.82, 2.24) is 0 Å². The van der Waals surface area contributed by atoms with Crippen LogP contribution >= 0.6 is 0 Å². The molecule has 0 fully saturated rings. The second kappa shape index (κ2) is 4.57. The van der Waals surface area contributed by atoms with Gasteiger partial charge in [0.25, 0.3) is 0 Å². The first-order valence-corrected chi connectivity index (χ1v) is 2.90. The summed E-state index contributed by atoms with van der Waals surface area (Å²) in [5.41, 5.74) is 1.25. The van der Waals surface area contributed by atoms with Gasteiger partial charge in [-0.2, -0.15) is 0 Å². The molecule has 0 saturated carbocycles. The van der Waals surface area contributed by atoms with Gasteiger partial charge in [0.15, 0.2) is 0 Å². The Kier molecular flexibility index (Phi) is 4.23. The van der Waals surface area contributed by atoms with Gasteiger partial charge in [-0.1, -0.05) is 13.0 Å². The van der Waals surface area contributed by atoms with E-state index in [0.717, 1.165) is 6.42 Å². The molecule has 0 aromatic carbocycles. The first kappa shape index (κ1) is 7.41. The summed E-state index contributed by atoms with van der Waals surface area (Å²) < 4.78 is 0. The van der Waals surface area contributed by atoms with Gasteiger partial charge in [-0.15, -0.1) is 0 Å². The van der Waals surface area contributed by atoms with Crippen molar-refractivity contribution in [3.8, 4) is 0 Å². The minimum atomic E-state index is 1.10. The van der Waals surface area contributed by atoms with Crippen molar-refractivity contribution in [2.75, 3.05) is 7.05 Å². The van der Waals surface area contributed by atoms with E-state index in [2.05, 4.69) is 24.9 Å². The van der Waals surface area contributed by atoms with E-state index >= 15 is 0 Å². The molecule has 0 unspecified atom stereocenters. The fourth-order valence-corrected chi connectivity index (χ4v) is 0.578. The zero-order chi connectivity index (χ0) is 6.41. The van der Waals surface area contributed by atoms with E-state index in [1.165, 1.54) is 5.57 Å². The Hall–Kier alpha value is -0.590. The molecule has 1 nitrogen and oxygen atoms in total. The molecule has 0 heterocycles. The maximum Gasteiger partial charge on any atom is 0.0277 e. The second-order valence-corrected chi connectivity index (χ2v) is 1.74. The van der Waals surface area contributed by atoms with E-state index in [4.69, 9.17) is 0 Å². The predicted octanol–water partition coefficient (Wildman–Crippen LogP) is 2.04. The van der Waals surface area contributed by atoms with Crippen LogP contribution in [-0.4, -0.2) is 13.3 Å². The van der Waals surface area contributed by atoms with Gasteiger partial charge in [0.2, 0.25) is 0 Å². The molecule has 0 spiro atoms. The summed E-state index contributed by atoms with van der Waals surface area (Å²) in [6.45, 7) is 4.17. The highest BCUT2D eigenvalue weighted by Gasteiger charge is 1.75. The Balaban J connectivity index is 3.61. The van der Waals surface area contributed by atoms with E-state index < -0.39 is 0 Å². The van der Waals surface area contributed by atoms with Crippen LogP contribution in [0.1, 0.15) is 20.3 Å². The summed E-state index contributed by atoms with van der Waals surface area (Å²) in [6, 6.07) is 0. The zero-order valence-electron chi connectivity index (χ0n) is 5.81. The van der Waals surface area contributed by atoms with Crippen molar-refractivity contribution in [3.05, 3.63) is 11.6 Å². The lowest BCUT2D eigenvalue weighted by Gasteiger charge is -1.84. The SMILES string of the molecule is CC/C=C(C)\C=N/C. The Morgan fingerprint density at radius 3 is 2.62 bits per heavy atom. The highest BCUT2D eigenvalue weighted by molar-refractivity contribution is 5.77. The molecule has 0 saturated heterocycles. The lowest BCUT2D eigenvalue weighted by Crippen LogP contribution is -1.74. The molecule has 0 aromatic rings. The molecule has 0 atom stereocenters. The quantitative estimate of drug-likeness (QED) is 0.483. The maximum absolute atomic E-state index is 3.86. The summed E-state index contributed by atoms with van der Waals surface area (Å²) >= 11 is 0. The fourth-order valence-electron chi connectivity index (χ4n) is 0.578. The molecule has 0 bridgehead atoms. The summed E-state index contributed by atoms with van der Waals surface area (Å²) in [7, 11) is 1.78. The summed E-state index contributed by atoms with van der Waals surface area (Å²) in [6.07, 6.45) is 5.11. The van der Waals surface area contributed by atoms with E-state index in [1.54, 1.807) is 7.05 Å². The average Bonchev–Trinajstić information content (AvgIpc) is 1.68. The molecular weight excluding hydrogens is 98.1 g/mol. The zero-order valence-corrected chi connectivity index (χ0v) is 5.81. The normalized spacial score (nSPS) is 13.1. The minimum absolute atomic E-state index is 1.10. The van der Waals surface area contributed by atoms with Gasteiger partial charge >= 0.3 is 0 Å². The van der Waals surface area contributed by atoms with Crippen molar-refractivity contribution in [2.45, 2.75) is 20.3 Å². The Bertz CT molecular complexity index is 101. The fraction of sp³-hybridized carbons (Fsp3) is 0.571. The Labute approximate surface area is 51.1 Å². The first-order chi connectivity index (χ1) is 3.81. The molecule has 0 radical (unpaired) electrons. The van der Waals surface area contributed by atoms with E-state index in [9.17, 15) is 0 Å². The summed E-state index contributed by atoms with van der Waals surface area (Å²) in [5, 5.41) is 0. The van der Waals surface area contributed by atoms with Crippen molar-refractivity contribution in [1.29, 1.82) is 0 Å². The van der Waals surface area contributed by atoms with Crippen LogP contribution in [0.4, 0.5) is 0 Å². The molecule has 0 aliphatic carbocycles. The third-order valence-corrected chi connectivity index (χ3v) is 0.859. The van der Waals surface area contributed by atoms with Crippen LogP contribution in [0.5, 0.6) is 0 Å². The molecule has 1 heteroatoms. The standard InChI is InChI=1S/C7H13N/c1-4-5-7(2)6-8-3/h5-6H,4H2,1-3H3/b7-5-,8-6-. The van der Waals surface area contributed by atoms with Crippen LogP contribution in [0, 0.1) is 0 Å². The lowest BCUT2D eigenvalue weighted by molar-refractivity contribution is 1.20. The van der Waals surface area contributed by atoms with Gasteiger partial charge in [-0.25, -0.2) is 0 Å². The van der Waals surface area contributed by atoms with E-state index in [1.807, 2.05) is 6.21 Å². The summed E-state index contributed by atoms with van der Waals surface area (Å²) in [5.74, 6) is 0. The smallest absolute Gasteiger partial charge is 0.0277 e. The topological polar surface area (TPSA) is 12.4 Å². The Morgan fingerprint density at radius 1 is 1.62 bits per heavy atom. The van der Waals surface area contributed by atoms with Gasteiger partial charge in [0, 0.05) is 13.3 Å². The molecule has 8 heavy (non-hydrogen) atoms. The molecule has 0 aliphatic rings. The van der Waals surface area contributed by atoms with Crippen LogP contribution in [0.25, 0.3) is 0 Å². The van der Waals surface area contributed by atoms with Crippen molar-refractivity contribution in [2.24, 2.45) is 4.99 Å². The molecule has 0 amide bonds. The predicted molar refractivity (Wildman–Crippen MR) is 38.5 cm³/mol. The van der Waals surface area contributed by atoms with E-state index in [0.29, 0.717) is 0 Å². The van der Waals surface area contributed by atoms with Crippen molar-refractivity contribution >= 4 is 6.21 Å². The molecular formula is C7H13N. The second-order valence-electron chi connectivity index (χ2n) is 1.74. The van der Waals surface area contributed by atoms with Gasteiger partial charge in [0.1, 0.15) is 0 Å². The van der Waals surface area contributed by atoms with Gasteiger partial charge in [-0.3, -0.25) is 4.99 Å². The highest BCUT2D eigenvalue weighted by atomic mass is 14.6. The van der Waals surface area contributed by atoms with Crippen LogP contribution in [0.3, 0.4) is 0 Å². The largest absolute Gasteiger partial charge is 0.296 e. The van der Waals surface area contributed by atoms with Crippen LogP contribution in [0.2, 0.25) is 0 Å². The number of hydrogen-bond donors (Lipinski definition) is 0. The average molecular weight is 111 g/mol. The number of hydrogen-bond acceptors (Lipinski definition) is 1. The summed E-state index contributed by atoms with van der Waals surface area (Å²) in [4.78, 5) is 3.86. The molecule has 0 rings (SSSR count). The lowest BCUT2D eigenvalue weighted by atomic mass is 10.3. The number of rotatable bonds is 2. The van der Waals surface area contributed by atoms with Crippen LogP contribution < -0.4 is 0 Å². The van der Waals surface area contributed by atoms with E-state index in [-0.39, 0.29) is 0 Å². The van der Waals surface area contributed by atoms with Gasteiger partial charge in [0.05, 0.1) is 0 Å². The number of nitrogens with zero attached hydrogens (tertiary/aromatic N) is 1.